The highest BCUT2D eigenvalue weighted by molar-refractivity contribution is 7.89. The fourth-order valence-electron chi connectivity index (χ4n) is 2.34. The summed E-state index contributed by atoms with van der Waals surface area (Å²) < 4.78 is 28.4. The highest BCUT2D eigenvalue weighted by atomic mass is 32.2. The van der Waals surface area contributed by atoms with E-state index >= 15 is 0 Å². The second-order valence-corrected chi connectivity index (χ2v) is 6.23. The molecule has 0 unspecified atom stereocenters. The van der Waals surface area contributed by atoms with Crippen LogP contribution in [0.1, 0.15) is 25.7 Å². The monoisotopic (exact) mass is 271 g/mol. The Morgan fingerprint density at radius 1 is 1.56 bits per heavy atom. The molecule has 2 rings (SSSR count). The molecule has 4 N–H and O–H groups in total. The highest BCUT2D eigenvalue weighted by Crippen LogP contribution is 2.31. The predicted octanol–water partition coefficient (Wildman–Crippen LogP) is -0.0528. The molecule has 1 saturated carbocycles. The topological polar surface area (TPSA) is 114 Å². The zero-order valence-corrected chi connectivity index (χ0v) is 11.0. The molecule has 100 valence electrons. The van der Waals surface area contributed by atoms with Gasteiger partial charge in [-0.15, -0.1) is 0 Å². The van der Waals surface area contributed by atoms with Crippen LogP contribution in [0.3, 0.4) is 0 Å². The molecule has 0 bridgehead atoms. The Morgan fingerprint density at radius 2 is 2.17 bits per heavy atom. The molecule has 7 nitrogen and oxygen atoms in total. The first-order valence-corrected chi connectivity index (χ1v) is 7.22. The van der Waals surface area contributed by atoms with Crippen molar-refractivity contribution in [2.24, 2.45) is 12.8 Å². The normalized spacial score (nSPS) is 18.9. The van der Waals surface area contributed by atoms with Crippen LogP contribution in [0.5, 0.6) is 0 Å². The maximum atomic E-state index is 12.3. The van der Waals surface area contributed by atoms with Crippen molar-refractivity contribution in [3.05, 3.63) is 12.3 Å². The summed E-state index contributed by atoms with van der Waals surface area (Å²) in [6.45, 7) is 0. The van der Waals surface area contributed by atoms with E-state index in [1.807, 2.05) is 0 Å². The smallest absolute Gasteiger partial charge is 0.258 e. The highest BCUT2D eigenvalue weighted by Gasteiger charge is 2.41. The minimum absolute atomic E-state index is 0.0787. The summed E-state index contributed by atoms with van der Waals surface area (Å²) in [6.07, 6.45) is 4.30. The summed E-state index contributed by atoms with van der Waals surface area (Å²) >= 11 is 0. The third-order valence-electron chi connectivity index (χ3n) is 3.35. The average molecular weight is 271 g/mol. The number of hydrogen-bond donors (Lipinski definition) is 3. The zero-order chi connectivity index (χ0) is 13.4. The quantitative estimate of drug-likeness (QED) is 0.526. The largest absolute Gasteiger partial charge is 0.386 e. The van der Waals surface area contributed by atoms with Gasteiger partial charge in [0.1, 0.15) is 5.84 Å². The fourth-order valence-corrected chi connectivity index (χ4v) is 3.91. The standard InChI is InChI=1S/C10H17N5O2S/c1-15-8(4-7-13-15)18(16,17)14-10(9(11)12)5-2-3-6-10/h4,7,14H,2-3,5-6H2,1H3,(H3,11,12). The molecule has 1 aromatic heterocycles. The first kappa shape index (κ1) is 13.0. The minimum atomic E-state index is -3.70. The van der Waals surface area contributed by atoms with Gasteiger partial charge in [0.25, 0.3) is 10.0 Å². The Morgan fingerprint density at radius 3 is 2.61 bits per heavy atom. The molecule has 1 aliphatic rings. The van der Waals surface area contributed by atoms with Gasteiger partial charge in [0, 0.05) is 7.05 Å². The van der Waals surface area contributed by atoms with E-state index in [1.165, 1.54) is 16.9 Å². The number of nitrogens with zero attached hydrogens (tertiary/aromatic N) is 2. The maximum Gasteiger partial charge on any atom is 0.258 e. The molecule has 0 radical (unpaired) electrons. The van der Waals surface area contributed by atoms with Crippen LogP contribution in [-0.4, -0.2) is 29.6 Å². The summed E-state index contributed by atoms with van der Waals surface area (Å²) in [5, 5.41) is 11.5. The summed E-state index contributed by atoms with van der Waals surface area (Å²) in [6, 6.07) is 1.42. The van der Waals surface area contributed by atoms with E-state index < -0.39 is 15.6 Å². The van der Waals surface area contributed by atoms with Crippen LogP contribution in [0.25, 0.3) is 0 Å². The van der Waals surface area contributed by atoms with Crippen LogP contribution >= 0.6 is 0 Å². The Hall–Kier alpha value is -1.41. The lowest BCUT2D eigenvalue weighted by atomic mass is 9.98. The van der Waals surface area contributed by atoms with E-state index in [-0.39, 0.29) is 10.9 Å². The molecule has 0 aliphatic heterocycles. The SMILES string of the molecule is Cn1nccc1S(=O)(=O)NC1(C(=N)N)CCCC1. The molecule has 0 atom stereocenters. The van der Waals surface area contributed by atoms with Gasteiger partial charge < -0.3 is 5.73 Å². The predicted molar refractivity (Wildman–Crippen MR) is 66.6 cm³/mol. The van der Waals surface area contributed by atoms with Gasteiger partial charge in [0.15, 0.2) is 5.03 Å². The van der Waals surface area contributed by atoms with Crippen molar-refractivity contribution in [2.75, 3.05) is 0 Å². The van der Waals surface area contributed by atoms with Crippen molar-refractivity contribution in [1.29, 1.82) is 5.41 Å². The molecular weight excluding hydrogens is 254 g/mol. The Labute approximate surface area is 106 Å². The molecule has 0 saturated heterocycles. The van der Waals surface area contributed by atoms with E-state index in [0.717, 1.165) is 12.8 Å². The third-order valence-corrected chi connectivity index (χ3v) is 4.96. The lowest BCUT2D eigenvalue weighted by Gasteiger charge is -2.28. The molecule has 1 aromatic rings. The van der Waals surface area contributed by atoms with Gasteiger partial charge >= 0.3 is 0 Å². The Kier molecular flexibility index (Phi) is 3.16. The van der Waals surface area contributed by atoms with Crippen LogP contribution in [0.15, 0.2) is 17.3 Å². The summed E-state index contributed by atoms with van der Waals surface area (Å²) in [5.41, 5.74) is 4.64. The van der Waals surface area contributed by atoms with E-state index in [1.54, 1.807) is 7.05 Å². The van der Waals surface area contributed by atoms with Gasteiger partial charge in [0.05, 0.1) is 11.7 Å². The van der Waals surface area contributed by atoms with Crippen molar-refractivity contribution in [3.63, 3.8) is 0 Å². The van der Waals surface area contributed by atoms with Gasteiger partial charge in [-0.3, -0.25) is 10.1 Å². The first-order valence-electron chi connectivity index (χ1n) is 5.74. The molecule has 18 heavy (non-hydrogen) atoms. The molecular formula is C10H17N5O2S. The molecule has 0 amide bonds. The lowest BCUT2D eigenvalue weighted by molar-refractivity contribution is 0.489. The van der Waals surface area contributed by atoms with E-state index in [2.05, 4.69) is 9.82 Å². The summed E-state index contributed by atoms with van der Waals surface area (Å²) in [4.78, 5) is 0. The molecule has 0 aromatic carbocycles. The minimum Gasteiger partial charge on any atom is -0.386 e. The van der Waals surface area contributed by atoms with Crippen molar-refractivity contribution < 1.29 is 8.42 Å². The number of hydrogen-bond acceptors (Lipinski definition) is 4. The van der Waals surface area contributed by atoms with Gasteiger partial charge in [-0.1, -0.05) is 12.8 Å². The van der Waals surface area contributed by atoms with Crippen molar-refractivity contribution in [2.45, 2.75) is 36.2 Å². The number of nitrogens with one attached hydrogen (secondary N) is 2. The molecule has 8 heteroatoms. The Bertz CT molecular complexity index is 557. The summed E-state index contributed by atoms with van der Waals surface area (Å²) in [5.74, 6) is -0.120. The van der Waals surface area contributed by atoms with Crippen LogP contribution in [-0.2, 0) is 17.1 Å². The van der Waals surface area contributed by atoms with Gasteiger partial charge in [-0.2, -0.15) is 9.82 Å². The molecule has 1 heterocycles. The van der Waals surface area contributed by atoms with Gasteiger partial charge in [-0.25, -0.2) is 8.42 Å². The lowest BCUT2D eigenvalue weighted by Crippen LogP contribution is -2.55. The van der Waals surface area contributed by atoms with Crippen molar-refractivity contribution >= 4 is 15.9 Å². The van der Waals surface area contributed by atoms with Crippen LogP contribution in [0.4, 0.5) is 0 Å². The molecule has 0 spiro atoms. The van der Waals surface area contributed by atoms with Crippen LogP contribution in [0, 0.1) is 5.41 Å². The number of aryl methyl sites for hydroxylation is 1. The maximum absolute atomic E-state index is 12.3. The number of rotatable bonds is 4. The Balaban J connectivity index is 2.33. The number of aromatic nitrogens is 2. The second kappa shape index (κ2) is 4.36. The number of sulfonamides is 1. The van der Waals surface area contributed by atoms with E-state index in [0.29, 0.717) is 12.8 Å². The van der Waals surface area contributed by atoms with E-state index in [9.17, 15) is 8.42 Å². The molecule has 1 aliphatic carbocycles. The van der Waals surface area contributed by atoms with E-state index in [4.69, 9.17) is 11.1 Å². The zero-order valence-electron chi connectivity index (χ0n) is 10.2. The molecule has 1 fully saturated rings. The van der Waals surface area contributed by atoms with Crippen molar-refractivity contribution in [1.82, 2.24) is 14.5 Å². The van der Waals surface area contributed by atoms with Gasteiger partial charge in [-0.05, 0) is 18.9 Å². The van der Waals surface area contributed by atoms with Gasteiger partial charge in [0.2, 0.25) is 0 Å². The third kappa shape index (κ3) is 2.13. The second-order valence-electron chi connectivity index (χ2n) is 4.60. The van der Waals surface area contributed by atoms with Crippen LogP contribution < -0.4 is 10.5 Å². The van der Waals surface area contributed by atoms with Crippen LogP contribution in [0.2, 0.25) is 0 Å². The van der Waals surface area contributed by atoms with Crippen molar-refractivity contribution in [3.8, 4) is 0 Å². The first-order chi connectivity index (χ1) is 8.37. The fraction of sp³-hybridized carbons (Fsp3) is 0.600. The number of amidine groups is 1. The summed E-state index contributed by atoms with van der Waals surface area (Å²) in [7, 11) is -2.15. The average Bonchev–Trinajstić information content (AvgIpc) is 2.87. The number of nitrogens with two attached hydrogens (primary N) is 1.